The van der Waals surface area contributed by atoms with Gasteiger partial charge in [-0.3, -0.25) is 0 Å². The molecule has 0 saturated heterocycles. The number of rotatable bonds is 13. The molecule has 5 nitrogen and oxygen atoms in total. The van der Waals surface area contributed by atoms with Crippen LogP contribution in [0.4, 0.5) is 5.69 Å². The van der Waals surface area contributed by atoms with Crippen LogP contribution >= 0.6 is 0 Å². The van der Waals surface area contributed by atoms with Crippen molar-refractivity contribution in [3.63, 3.8) is 0 Å². The molecule has 5 heteroatoms. The molecule has 0 aliphatic carbocycles. The molecule has 0 heterocycles. The number of hydrogen-bond acceptors (Lipinski definition) is 5. The largest absolute Gasteiger partial charge is 0.503 e. The molecule has 31 heavy (non-hydrogen) atoms. The van der Waals surface area contributed by atoms with Crippen molar-refractivity contribution in [3.05, 3.63) is 65.9 Å². The normalized spacial score (nSPS) is 11.2. The summed E-state index contributed by atoms with van der Waals surface area (Å²) >= 11 is 0. The molecule has 0 aromatic heterocycles. The van der Waals surface area contributed by atoms with Gasteiger partial charge in [0.2, 0.25) is 0 Å². The summed E-state index contributed by atoms with van der Waals surface area (Å²) in [7, 11) is 2.87. The van der Waals surface area contributed by atoms with E-state index in [-0.39, 0.29) is 0 Å². The van der Waals surface area contributed by atoms with Crippen LogP contribution < -0.4 is 9.64 Å². The summed E-state index contributed by atoms with van der Waals surface area (Å²) in [5.41, 5.74) is 3.21. The first kappa shape index (κ1) is 24.3. The fourth-order valence-corrected chi connectivity index (χ4v) is 3.34. The topological polar surface area (TPSA) is 48.0 Å². The standard InChI is InChI=1S/C26H35NO4/c1-5-7-17-27(18-8-6-2)22-13-15-23(16-14-22)31-19-21-11-9-10-12-24(21)25(20-29-3)26(28)30-4/h9-16,20H,5-8,17-19H2,1-4H3/b25-20+. The number of nitrogens with zero attached hydrogens (tertiary/aromatic N) is 1. The van der Waals surface area contributed by atoms with Crippen LogP contribution in [0.1, 0.15) is 50.7 Å². The number of hydrogen-bond donors (Lipinski definition) is 0. The Kier molecular flexibility index (Phi) is 10.5. The first-order chi connectivity index (χ1) is 15.1. The predicted molar refractivity (Wildman–Crippen MR) is 126 cm³/mol. The lowest BCUT2D eigenvalue weighted by Crippen LogP contribution is -2.25. The van der Waals surface area contributed by atoms with Crippen molar-refractivity contribution in [2.45, 2.75) is 46.1 Å². The smallest absolute Gasteiger partial charge is 0.341 e. The van der Waals surface area contributed by atoms with Crippen LogP contribution in [0.2, 0.25) is 0 Å². The highest BCUT2D eigenvalue weighted by molar-refractivity contribution is 6.16. The Morgan fingerprint density at radius 3 is 2.16 bits per heavy atom. The van der Waals surface area contributed by atoms with Crippen molar-refractivity contribution >= 4 is 17.2 Å². The molecule has 0 bridgehead atoms. The summed E-state index contributed by atoms with van der Waals surface area (Å²) < 4.78 is 16.0. The van der Waals surface area contributed by atoms with Crippen molar-refractivity contribution in [3.8, 4) is 5.75 Å². The molecular weight excluding hydrogens is 390 g/mol. The van der Waals surface area contributed by atoms with Crippen LogP contribution in [0.3, 0.4) is 0 Å². The molecule has 0 atom stereocenters. The van der Waals surface area contributed by atoms with E-state index in [1.54, 1.807) is 0 Å². The highest BCUT2D eigenvalue weighted by atomic mass is 16.5. The Hall–Kier alpha value is -2.95. The monoisotopic (exact) mass is 425 g/mol. The molecule has 0 N–H and O–H groups in total. The summed E-state index contributed by atoms with van der Waals surface area (Å²) in [6.45, 7) is 6.93. The van der Waals surface area contributed by atoms with Crippen LogP contribution in [0.5, 0.6) is 5.75 Å². The lowest BCUT2D eigenvalue weighted by Gasteiger charge is -2.25. The maximum Gasteiger partial charge on any atom is 0.341 e. The van der Waals surface area contributed by atoms with E-state index >= 15 is 0 Å². The Labute approximate surface area is 186 Å². The molecule has 168 valence electrons. The number of esters is 1. The summed E-state index contributed by atoms with van der Waals surface area (Å²) in [5, 5.41) is 0. The molecule has 0 aliphatic heterocycles. The van der Waals surface area contributed by atoms with Gasteiger partial charge in [-0.1, -0.05) is 51.0 Å². The molecule has 0 radical (unpaired) electrons. The fourth-order valence-electron chi connectivity index (χ4n) is 3.34. The van der Waals surface area contributed by atoms with Crippen LogP contribution in [0.15, 0.2) is 54.8 Å². The van der Waals surface area contributed by atoms with Gasteiger partial charge >= 0.3 is 5.97 Å². The van der Waals surface area contributed by atoms with Gasteiger partial charge in [0, 0.05) is 18.8 Å². The van der Waals surface area contributed by atoms with Crippen LogP contribution in [0.25, 0.3) is 5.57 Å². The molecule has 0 amide bonds. The number of anilines is 1. The van der Waals surface area contributed by atoms with E-state index in [2.05, 4.69) is 30.9 Å². The lowest BCUT2D eigenvalue weighted by molar-refractivity contribution is -0.133. The van der Waals surface area contributed by atoms with Crippen molar-refractivity contribution in [2.75, 3.05) is 32.2 Å². The Balaban J connectivity index is 2.12. The van der Waals surface area contributed by atoms with Crippen molar-refractivity contribution < 1.29 is 19.0 Å². The SMILES string of the molecule is CCCCN(CCCC)c1ccc(OCc2ccccc2/C(=C\OC)C(=O)OC)cc1. The highest BCUT2D eigenvalue weighted by Gasteiger charge is 2.17. The molecule has 2 rings (SSSR count). The van der Waals surface area contributed by atoms with Gasteiger partial charge in [0.15, 0.2) is 0 Å². The van der Waals surface area contributed by atoms with Gasteiger partial charge in [0.05, 0.1) is 20.5 Å². The second kappa shape index (κ2) is 13.4. The molecule has 2 aromatic carbocycles. The number of ether oxygens (including phenoxy) is 3. The van der Waals surface area contributed by atoms with Gasteiger partial charge in [-0.25, -0.2) is 4.79 Å². The third-order valence-corrected chi connectivity index (χ3v) is 5.11. The van der Waals surface area contributed by atoms with Crippen molar-refractivity contribution in [1.82, 2.24) is 0 Å². The molecule has 0 aliphatic rings. The minimum Gasteiger partial charge on any atom is -0.503 e. The first-order valence-electron chi connectivity index (χ1n) is 11.0. The summed E-state index contributed by atoms with van der Waals surface area (Å²) in [5.74, 6) is 0.345. The Bertz CT molecular complexity index is 822. The summed E-state index contributed by atoms with van der Waals surface area (Å²) in [6.07, 6.45) is 6.16. The molecule has 0 unspecified atom stereocenters. The molecule has 0 spiro atoms. The van der Waals surface area contributed by atoms with Gasteiger partial charge in [-0.15, -0.1) is 0 Å². The van der Waals surface area contributed by atoms with E-state index in [4.69, 9.17) is 14.2 Å². The maximum atomic E-state index is 12.2. The van der Waals surface area contributed by atoms with Gasteiger partial charge in [-0.05, 0) is 48.2 Å². The minimum atomic E-state index is -0.446. The Morgan fingerprint density at radius 1 is 0.935 bits per heavy atom. The third-order valence-electron chi connectivity index (χ3n) is 5.11. The average molecular weight is 426 g/mol. The zero-order chi connectivity index (χ0) is 22.5. The number of unbranched alkanes of at least 4 members (excludes halogenated alkanes) is 2. The zero-order valence-electron chi connectivity index (χ0n) is 19.2. The number of methoxy groups -OCH3 is 2. The minimum absolute atomic E-state index is 0.336. The zero-order valence-corrected chi connectivity index (χ0v) is 19.2. The van der Waals surface area contributed by atoms with E-state index in [0.717, 1.165) is 30.0 Å². The van der Waals surface area contributed by atoms with E-state index in [1.807, 2.05) is 36.4 Å². The lowest BCUT2D eigenvalue weighted by atomic mass is 10.0. The highest BCUT2D eigenvalue weighted by Crippen LogP contribution is 2.24. The van der Waals surface area contributed by atoms with Gasteiger partial charge in [0.1, 0.15) is 17.9 Å². The summed E-state index contributed by atoms with van der Waals surface area (Å²) in [6, 6.07) is 15.9. The van der Waals surface area contributed by atoms with Gasteiger partial charge < -0.3 is 19.1 Å². The van der Waals surface area contributed by atoms with Gasteiger partial charge in [0.25, 0.3) is 0 Å². The first-order valence-corrected chi connectivity index (χ1v) is 11.0. The average Bonchev–Trinajstić information content (AvgIpc) is 2.81. The number of benzene rings is 2. The van der Waals surface area contributed by atoms with Crippen molar-refractivity contribution in [1.29, 1.82) is 0 Å². The number of carbonyl (C=O) groups is 1. The predicted octanol–water partition coefficient (Wildman–Crippen LogP) is 5.83. The van der Waals surface area contributed by atoms with E-state index < -0.39 is 5.97 Å². The Morgan fingerprint density at radius 2 is 1.58 bits per heavy atom. The quantitative estimate of drug-likeness (QED) is 0.229. The number of carbonyl (C=O) groups excluding carboxylic acids is 1. The molecule has 0 saturated carbocycles. The van der Waals surface area contributed by atoms with Crippen LogP contribution in [-0.4, -0.2) is 33.3 Å². The van der Waals surface area contributed by atoms with Gasteiger partial charge in [-0.2, -0.15) is 0 Å². The van der Waals surface area contributed by atoms with Crippen LogP contribution in [-0.2, 0) is 20.9 Å². The van der Waals surface area contributed by atoms with E-state index in [0.29, 0.717) is 12.2 Å². The maximum absolute atomic E-state index is 12.2. The second-order valence-corrected chi connectivity index (χ2v) is 7.39. The van der Waals surface area contributed by atoms with E-state index in [1.165, 1.54) is 51.9 Å². The molecule has 2 aromatic rings. The van der Waals surface area contributed by atoms with Crippen molar-refractivity contribution in [2.24, 2.45) is 0 Å². The third kappa shape index (κ3) is 7.35. The van der Waals surface area contributed by atoms with E-state index in [9.17, 15) is 4.79 Å². The molecule has 0 fully saturated rings. The second-order valence-electron chi connectivity index (χ2n) is 7.39. The van der Waals surface area contributed by atoms with Crippen LogP contribution in [0, 0.1) is 0 Å². The summed E-state index contributed by atoms with van der Waals surface area (Å²) in [4.78, 5) is 14.6. The fraction of sp³-hybridized carbons (Fsp3) is 0.423. The molecular formula is C26H35NO4.